The maximum atomic E-state index is 13.3. The number of fused-ring (bicyclic) bond motifs is 5. The Morgan fingerprint density at radius 1 is 0.784 bits per heavy atom. The van der Waals surface area contributed by atoms with Gasteiger partial charge in [0.15, 0.2) is 0 Å². The quantitative estimate of drug-likeness (QED) is 0.197. The van der Waals surface area contributed by atoms with Crippen LogP contribution in [0.25, 0.3) is 0 Å². The van der Waals surface area contributed by atoms with Crippen LogP contribution in [0.4, 0.5) is 0 Å². The van der Waals surface area contributed by atoms with Crippen molar-refractivity contribution in [3.63, 3.8) is 0 Å². The molecule has 51 heavy (non-hydrogen) atoms. The second-order valence-corrected chi connectivity index (χ2v) is 19.5. The molecule has 278 valence electrons. The van der Waals surface area contributed by atoms with Gasteiger partial charge in [0.05, 0.1) is 47.2 Å². The molecule has 0 radical (unpaired) electrons. The lowest BCUT2D eigenvalue weighted by atomic mass is 9.43. The lowest BCUT2D eigenvalue weighted by Gasteiger charge is -2.63. The van der Waals surface area contributed by atoms with Gasteiger partial charge in [0.1, 0.15) is 6.10 Å². The first-order chi connectivity index (χ1) is 24.1. The minimum absolute atomic E-state index is 0.0152. The number of furan rings is 1. The summed E-state index contributed by atoms with van der Waals surface area (Å²) < 4.78 is 75.5. The summed E-state index contributed by atoms with van der Waals surface area (Å²) in [5.41, 5.74) is 2.20. The molecular formula is C40H52O9S2. The van der Waals surface area contributed by atoms with Gasteiger partial charge in [-0.15, -0.1) is 0 Å². The summed E-state index contributed by atoms with van der Waals surface area (Å²) in [6.07, 6.45) is 10.7. The molecular weight excluding hydrogens is 689 g/mol. The monoisotopic (exact) mass is 740 g/mol. The van der Waals surface area contributed by atoms with Gasteiger partial charge >= 0.3 is 0 Å². The lowest BCUT2D eigenvalue weighted by molar-refractivity contribution is -0.207. The molecule has 1 aromatic heterocycles. The van der Waals surface area contributed by atoms with Gasteiger partial charge in [0.25, 0.3) is 20.2 Å². The molecule has 0 amide bonds. The molecule has 11 heteroatoms. The highest BCUT2D eigenvalue weighted by molar-refractivity contribution is 7.87. The van der Waals surface area contributed by atoms with Gasteiger partial charge in [-0.1, -0.05) is 49.2 Å². The van der Waals surface area contributed by atoms with Crippen LogP contribution < -0.4 is 0 Å². The molecule has 1 heterocycles. The average Bonchev–Trinajstić information content (AvgIpc) is 3.72. The highest BCUT2D eigenvalue weighted by atomic mass is 32.2. The number of benzene rings is 2. The summed E-state index contributed by atoms with van der Waals surface area (Å²) in [5, 5.41) is 12.5. The van der Waals surface area contributed by atoms with E-state index in [2.05, 4.69) is 19.9 Å². The van der Waals surface area contributed by atoms with E-state index in [1.54, 1.807) is 30.5 Å². The molecule has 9 atom stereocenters. The molecule has 3 aromatic rings. The van der Waals surface area contributed by atoms with Crippen molar-refractivity contribution in [1.29, 1.82) is 0 Å². The number of hydrogen-bond donors (Lipinski definition) is 1. The zero-order valence-corrected chi connectivity index (χ0v) is 31.8. The van der Waals surface area contributed by atoms with Gasteiger partial charge in [-0.3, -0.25) is 8.37 Å². The minimum atomic E-state index is -4.23. The predicted octanol–water partition coefficient (Wildman–Crippen LogP) is 7.70. The van der Waals surface area contributed by atoms with Gasteiger partial charge in [-0.25, -0.2) is 0 Å². The van der Waals surface area contributed by atoms with Crippen LogP contribution in [0.2, 0.25) is 0 Å². The minimum Gasteiger partial charge on any atom is -0.472 e. The van der Waals surface area contributed by atoms with Crippen molar-refractivity contribution in [2.45, 2.75) is 119 Å². The van der Waals surface area contributed by atoms with Crippen LogP contribution in [0, 0.1) is 42.4 Å². The normalized spacial score (nSPS) is 34.3. The average molecular weight is 741 g/mol. The van der Waals surface area contributed by atoms with Crippen molar-refractivity contribution < 1.29 is 39.5 Å². The summed E-state index contributed by atoms with van der Waals surface area (Å²) >= 11 is 0. The fourth-order valence-electron chi connectivity index (χ4n) is 10.6. The first kappa shape index (κ1) is 36.8. The molecule has 0 spiro atoms. The van der Waals surface area contributed by atoms with Crippen LogP contribution in [0.1, 0.15) is 94.2 Å². The van der Waals surface area contributed by atoms with E-state index in [4.69, 9.17) is 17.5 Å². The molecule has 4 aliphatic rings. The molecule has 4 saturated carbocycles. The molecule has 2 aromatic carbocycles. The maximum absolute atomic E-state index is 13.3. The van der Waals surface area contributed by atoms with Crippen molar-refractivity contribution in [2.75, 3.05) is 13.2 Å². The van der Waals surface area contributed by atoms with Crippen LogP contribution >= 0.6 is 0 Å². The van der Waals surface area contributed by atoms with Crippen molar-refractivity contribution in [3.8, 4) is 0 Å². The van der Waals surface area contributed by atoms with Gasteiger partial charge in [-0.2, -0.15) is 16.8 Å². The third-order valence-corrected chi connectivity index (χ3v) is 16.2. The summed E-state index contributed by atoms with van der Waals surface area (Å²) in [6, 6.07) is 14.7. The molecule has 0 saturated heterocycles. The van der Waals surface area contributed by atoms with E-state index in [1.165, 1.54) is 29.8 Å². The zero-order chi connectivity index (χ0) is 36.2. The Hall–Kier alpha value is -2.54. The van der Waals surface area contributed by atoms with E-state index >= 15 is 0 Å². The van der Waals surface area contributed by atoms with Crippen LogP contribution in [0.5, 0.6) is 0 Å². The zero-order valence-electron chi connectivity index (χ0n) is 30.1. The summed E-state index contributed by atoms with van der Waals surface area (Å²) in [5.74, 6) is 1.39. The lowest BCUT2D eigenvalue weighted by Crippen LogP contribution is -2.62. The third-order valence-electron chi connectivity index (χ3n) is 13.6. The van der Waals surface area contributed by atoms with Crippen LogP contribution in [-0.2, 0) is 33.3 Å². The van der Waals surface area contributed by atoms with Crippen LogP contribution in [0.3, 0.4) is 0 Å². The van der Waals surface area contributed by atoms with Crippen LogP contribution in [0.15, 0.2) is 81.3 Å². The molecule has 4 aliphatic carbocycles. The molecule has 0 bridgehead atoms. The second kappa shape index (κ2) is 13.7. The van der Waals surface area contributed by atoms with Crippen molar-refractivity contribution in [1.82, 2.24) is 0 Å². The van der Waals surface area contributed by atoms with Crippen molar-refractivity contribution in [3.05, 3.63) is 83.8 Å². The first-order valence-electron chi connectivity index (χ1n) is 18.5. The fraction of sp³-hybridized carbons (Fsp3) is 0.600. The highest BCUT2D eigenvalue weighted by Gasteiger charge is 2.67. The van der Waals surface area contributed by atoms with E-state index in [-0.39, 0.29) is 39.2 Å². The Bertz CT molecular complexity index is 1890. The van der Waals surface area contributed by atoms with Gasteiger partial charge in [0.2, 0.25) is 0 Å². The molecule has 1 unspecified atom stereocenters. The number of hydrogen-bond acceptors (Lipinski definition) is 9. The van der Waals surface area contributed by atoms with E-state index in [1.807, 2.05) is 20.1 Å². The van der Waals surface area contributed by atoms with Crippen LogP contribution in [-0.4, -0.2) is 53.0 Å². The topological polar surface area (TPSA) is 129 Å². The molecule has 0 aliphatic heterocycles. The standard InChI is InChI=1S/C40H52O9S2/c1-27-5-10-33(11-6-27)50(42,43)48-26-32(49-51(44,45)34-12-7-28(2)8-13-34)25-47-31-15-19-38(3)30(23-31)9-14-37-36(38)16-20-39(4)35(17-21-40(37,39)41)29-18-22-46-24-29/h5-8,10-13,18,22,24,30-32,35-37,41H,9,14-17,19-21,23,25-26H2,1-4H3/t30-,31+,32?,35-,36+,37-,38+,39-,40+/m1/s1. The molecule has 9 nitrogen and oxygen atoms in total. The second-order valence-electron chi connectivity index (χ2n) is 16.3. The Kier molecular flexibility index (Phi) is 9.89. The number of rotatable bonds is 11. The van der Waals surface area contributed by atoms with E-state index in [9.17, 15) is 21.9 Å². The van der Waals surface area contributed by atoms with Crippen molar-refractivity contribution >= 4 is 20.2 Å². The predicted molar refractivity (Wildman–Crippen MR) is 192 cm³/mol. The van der Waals surface area contributed by atoms with Gasteiger partial charge in [0, 0.05) is 5.41 Å². The summed E-state index contributed by atoms with van der Waals surface area (Å²) in [7, 11) is -8.39. The highest BCUT2D eigenvalue weighted by Crippen LogP contribution is 2.70. The first-order valence-corrected chi connectivity index (χ1v) is 21.3. The number of aliphatic hydroxyl groups is 1. The summed E-state index contributed by atoms with van der Waals surface area (Å²) in [6.45, 7) is 7.79. The Morgan fingerprint density at radius 2 is 1.45 bits per heavy atom. The van der Waals surface area contributed by atoms with Gasteiger partial charge in [-0.05, 0) is 137 Å². The Morgan fingerprint density at radius 3 is 2.10 bits per heavy atom. The Balaban J connectivity index is 1.03. The Labute approximate surface area is 303 Å². The van der Waals surface area contributed by atoms with E-state index < -0.39 is 38.5 Å². The summed E-state index contributed by atoms with van der Waals surface area (Å²) in [4.78, 5) is -0.0353. The molecule has 4 fully saturated rings. The molecule has 1 N–H and O–H groups in total. The number of ether oxygens (including phenoxy) is 1. The maximum Gasteiger partial charge on any atom is 0.297 e. The van der Waals surface area contributed by atoms with Crippen molar-refractivity contribution in [2.24, 2.45) is 28.6 Å². The smallest absolute Gasteiger partial charge is 0.297 e. The SMILES string of the molecule is Cc1ccc(S(=O)(=O)OCC(CO[C@H]2CC[C@@]3(C)[C@H](CC[C@@H]4[C@@H]3CC[C@]3(C)[C@@H](c5ccoc5)CC[C@]43O)C2)OS(=O)(=O)c2ccc(C)cc2)cc1. The molecule has 7 rings (SSSR count). The van der Waals surface area contributed by atoms with E-state index in [0.717, 1.165) is 68.9 Å². The number of aryl methyl sites for hydroxylation is 2. The van der Waals surface area contributed by atoms with E-state index in [0.29, 0.717) is 17.8 Å². The largest absolute Gasteiger partial charge is 0.472 e. The fourth-order valence-corrected chi connectivity index (χ4v) is 12.6. The van der Waals surface area contributed by atoms with Gasteiger partial charge < -0.3 is 14.3 Å². The third kappa shape index (κ3) is 6.76.